The summed E-state index contributed by atoms with van der Waals surface area (Å²) in [6.07, 6.45) is 4.93. The zero-order valence-electron chi connectivity index (χ0n) is 15.0. The van der Waals surface area contributed by atoms with Crippen LogP contribution in [0.5, 0.6) is 0 Å². The van der Waals surface area contributed by atoms with Crippen molar-refractivity contribution in [1.29, 1.82) is 0 Å². The molecule has 2 heterocycles. The molecule has 1 aromatic heterocycles. The summed E-state index contributed by atoms with van der Waals surface area (Å²) in [6.45, 7) is 2.96. The number of carbonyl (C=O) groups is 2. The van der Waals surface area contributed by atoms with Crippen molar-refractivity contribution in [1.82, 2.24) is 10.3 Å². The van der Waals surface area contributed by atoms with Crippen molar-refractivity contribution in [2.75, 3.05) is 17.2 Å². The van der Waals surface area contributed by atoms with E-state index < -0.39 is 0 Å². The minimum Gasteiger partial charge on any atom is -0.326 e. The van der Waals surface area contributed by atoms with Gasteiger partial charge in [0.15, 0.2) is 0 Å². The molecule has 0 bridgehead atoms. The molecule has 1 aromatic carbocycles. The van der Waals surface area contributed by atoms with Crippen molar-refractivity contribution < 1.29 is 9.59 Å². The van der Waals surface area contributed by atoms with Gasteiger partial charge in [-0.2, -0.15) is 0 Å². The SMILES string of the molecule is C[C@H]1C[C@@H](C(=O)Nc2ccc(C(=O)Nc3cccnc3)cc2)CCN1.Cl.Cl. The van der Waals surface area contributed by atoms with Crippen molar-refractivity contribution in [3.8, 4) is 0 Å². The molecule has 6 nitrogen and oxygen atoms in total. The molecule has 2 aromatic rings. The van der Waals surface area contributed by atoms with Crippen LogP contribution in [0.15, 0.2) is 48.8 Å². The highest BCUT2D eigenvalue weighted by Crippen LogP contribution is 2.19. The Morgan fingerprint density at radius 2 is 1.81 bits per heavy atom. The van der Waals surface area contributed by atoms with Crippen LogP contribution in [0.4, 0.5) is 11.4 Å². The van der Waals surface area contributed by atoms with Gasteiger partial charge >= 0.3 is 0 Å². The number of halogens is 2. The maximum Gasteiger partial charge on any atom is 0.255 e. The molecule has 0 saturated carbocycles. The molecule has 0 radical (unpaired) electrons. The lowest BCUT2D eigenvalue weighted by atomic mass is 9.92. The molecule has 8 heteroatoms. The van der Waals surface area contributed by atoms with Gasteiger partial charge in [-0.3, -0.25) is 14.6 Å². The first kappa shape index (κ1) is 22.9. The third-order valence-corrected chi connectivity index (χ3v) is 4.33. The Balaban J connectivity index is 0.00000182. The van der Waals surface area contributed by atoms with Crippen LogP contribution >= 0.6 is 24.8 Å². The Morgan fingerprint density at radius 1 is 1.07 bits per heavy atom. The van der Waals surface area contributed by atoms with Gasteiger partial charge in [0.05, 0.1) is 11.9 Å². The maximum absolute atomic E-state index is 12.3. The fourth-order valence-electron chi connectivity index (χ4n) is 2.96. The van der Waals surface area contributed by atoms with E-state index in [1.165, 1.54) is 0 Å². The molecule has 1 aliphatic heterocycles. The van der Waals surface area contributed by atoms with Crippen molar-refractivity contribution in [3.63, 3.8) is 0 Å². The molecule has 0 unspecified atom stereocenters. The predicted octanol–water partition coefficient (Wildman–Crippen LogP) is 3.50. The van der Waals surface area contributed by atoms with E-state index in [0.717, 1.165) is 19.4 Å². The highest BCUT2D eigenvalue weighted by atomic mass is 35.5. The first-order valence-corrected chi connectivity index (χ1v) is 8.47. The Hall–Kier alpha value is -2.15. The fraction of sp³-hybridized carbons (Fsp3) is 0.316. The van der Waals surface area contributed by atoms with E-state index in [0.29, 0.717) is 23.0 Å². The number of anilines is 2. The maximum atomic E-state index is 12.3. The van der Waals surface area contributed by atoms with Crippen LogP contribution < -0.4 is 16.0 Å². The second-order valence-electron chi connectivity index (χ2n) is 6.34. The number of nitrogens with zero attached hydrogens (tertiary/aromatic N) is 1. The van der Waals surface area contributed by atoms with Gasteiger partial charge in [0.25, 0.3) is 5.91 Å². The summed E-state index contributed by atoms with van der Waals surface area (Å²) in [6, 6.07) is 10.8. The summed E-state index contributed by atoms with van der Waals surface area (Å²) in [5, 5.41) is 9.06. The number of pyridine rings is 1. The van der Waals surface area contributed by atoms with Gasteiger partial charge in [-0.15, -0.1) is 24.8 Å². The van der Waals surface area contributed by atoms with E-state index in [9.17, 15) is 9.59 Å². The second kappa shape index (κ2) is 10.9. The van der Waals surface area contributed by atoms with Crippen LogP contribution in [0.2, 0.25) is 0 Å². The normalized spacial score (nSPS) is 18.4. The molecule has 3 N–H and O–H groups in total. The summed E-state index contributed by atoms with van der Waals surface area (Å²) < 4.78 is 0. The van der Waals surface area contributed by atoms with E-state index in [1.54, 1.807) is 48.8 Å². The van der Waals surface area contributed by atoms with Gasteiger partial charge in [0, 0.05) is 29.4 Å². The zero-order chi connectivity index (χ0) is 17.6. The smallest absolute Gasteiger partial charge is 0.255 e. The molecule has 2 amide bonds. The summed E-state index contributed by atoms with van der Waals surface area (Å²) in [4.78, 5) is 28.5. The van der Waals surface area contributed by atoms with Crippen LogP contribution in [0.1, 0.15) is 30.1 Å². The lowest BCUT2D eigenvalue weighted by Crippen LogP contribution is -2.40. The van der Waals surface area contributed by atoms with Crippen molar-refractivity contribution in [2.24, 2.45) is 5.92 Å². The molecule has 3 rings (SSSR count). The molecule has 1 saturated heterocycles. The topological polar surface area (TPSA) is 83.1 Å². The number of aromatic nitrogens is 1. The second-order valence-corrected chi connectivity index (χ2v) is 6.34. The predicted molar refractivity (Wildman–Crippen MR) is 112 cm³/mol. The lowest BCUT2D eigenvalue weighted by molar-refractivity contribution is -0.120. The standard InChI is InChI=1S/C19H22N4O2.2ClH/c1-13-11-15(8-10-21-13)19(25)22-16-6-4-14(5-7-16)18(24)23-17-3-2-9-20-12-17;;/h2-7,9,12-13,15,21H,8,10-11H2,1H3,(H,22,25)(H,23,24);2*1H/t13-,15-;;/m0../s1. The number of carbonyl (C=O) groups excluding carboxylic acids is 2. The monoisotopic (exact) mass is 410 g/mol. The molecular formula is C19H24Cl2N4O2. The number of rotatable bonds is 4. The van der Waals surface area contributed by atoms with Gasteiger partial charge < -0.3 is 16.0 Å². The molecule has 0 spiro atoms. The van der Waals surface area contributed by atoms with Crippen LogP contribution in [0.25, 0.3) is 0 Å². The quantitative estimate of drug-likeness (QED) is 0.719. The van der Waals surface area contributed by atoms with Gasteiger partial charge in [0.2, 0.25) is 5.91 Å². The number of hydrogen-bond acceptors (Lipinski definition) is 4. The number of amides is 2. The fourth-order valence-corrected chi connectivity index (χ4v) is 2.96. The van der Waals surface area contributed by atoms with Crippen LogP contribution in [0.3, 0.4) is 0 Å². The number of nitrogens with one attached hydrogen (secondary N) is 3. The van der Waals surface area contributed by atoms with Gasteiger partial charge in [-0.05, 0) is 62.7 Å². The molecular weight excluding hydrogens is 387 g/mol. The van der Waals surface area contributed by atoms with Crippen LogP contribution in [0, 0.1) is 5.92 Å². The van der Waals surface area contributed by atoms with E-state index in [4.69, 9.17) is 0 Å². The number of benzene rings is 1. The Bertz CT molecular complexity index is 741. The molecule has 0 aliphatic carbocycles. The summed E-state index contributed by atoms with van der Waals surface area (Å²) in [7, 11) is 0. The minimum atomic E-state index is -0.210. The zero-order valence-corrected chi connectivity index (χ0v) is 16.6. The molecule has 2 atom stereocenters. The molecule has 146 valence electrons. The van der Waals surface area contributed by atoms with Crippen LogP contribution in [-0.4, -0.2) is 29.4 Å². The third-order valence-electron chi connectivity index (χ3n) is 4.33. The Kier molecular flexibility index (Phi) is 9.21. The summed E-state index contributed by atoms with van der Waals surface area (Å²) in [5.74, 6) is -0.135. The van der Waals surface area contributed by atoms with Crippen LogP contribution in [-0.2, 0) is 4.79 Å². The van der Waals surface area contributed by atoms with Gasteiger partial charge in [-0.25, -0.2) is 0 Å². The average Bonchev–Trinajstić information content (AvgIpc) is 2.63. The minimum absolute atomic E-state index is 0. The Morgan fingerprint density at radius 3 is 2.44 bits per heavy atom. The third kappa shape index (κ3) is 6.50. The van der Waals surface area contributed by atoms with E-state index in [-0.39, 0.29) is 42.5 Å². The number of piperidine rings is 1. The van der Waals surface area contributed by atoms with Gasteiger partial charge in [-0.1, -0.05) is 0 Å². The first-order chi connectivity index (χ1) is 12.1. The van der Waals surface area contributed by atoms with Crippen molar-refractivity contribution in [3.05, 3.63) is 54.4 Å². The highest BCUT2D eigenvalue weighted by molar-refractivity contribution is 6.04. The molecule has 1 aliphatic rings. The van der Waals surface area contributed by atoms with E-state index in [2.05, 4.69) is 27.9 Å². The number of hydrogen-bond donors (Lipinski definition) is 3. The Labute approximate surface area is 171 Å². The average molecular weight is 411 g/mol. The largest absolute Gasteiger partial charge is 0.326 e. The van der Waals surface area contributed by atoms with Crippen molar-refractivity contribution in [2.45, 2.75) is 25.8 Å². The highest BCUT2D eigenvalue weighted by Gasteiger charge is 2.24. The van der Waals surface area contributed by atoms with Crippen molar-refractivity contribution >= 4 is 48.0 Å². The van der Waals surface area contributed by atoms with E-state index >= 15 is 0 Å². The molecule has 27 heavy (non-hydrogen) atoms. The van der Waals surface area contributed by atoms with Gasteiger partial charge in [0.1, 0.15) is 0 Å². The van der Waals surface area contributed by atoms with E-state index in [1.807, 2.05) is 0 Å². The summed E-state index contributed by atoms with van der Waals surface area (Å²) >= 11 is 0. The molecule has 1 fully saturated rings. The lowest BCUT2D eigenvalue weighted by Gasteiger charge is -2.27. The summed E-state index contributed by atoms with van der Waals surface area (Å²) in [5.41, 5.74) is 1.87. The first-order valence-electron chi connectivity index (χ1n) is 8.47.